The molecule has 4 amide bonds. The molecular weight excluding hydrogens is 556 g/mol. The fourth-order valence-corrected chi connectivity index (χ4v) is 3.63. The van der Waals surface area contributed by atoms with Crippen molar-refractivity contribution in [2.45, 2.75) is 69.1 Å². The molecule has 4 unspecified atom stereocenters. The van der Waals surface area contributed by atoms with Crippen molar-refractivity contribution in [1.82, 2.24) is 16.0 Å². The number of nitrogens with one attached hydrogen (secondary N) is 3. The number of carboxylic acids is 2. The van der Waals surface area contributed by atoms with Crippen LogP contribution < -0.4 is 38.9 Å². The lowest BCUT2D eigenvalue weighted by Crippen LogP contribution is -2.57. The largest absolute Gasteiger partial charge is 0.508 e. The fourth-order valence-electron chi connectivity index (χ4n) is 3.63. The Morgan fingerprint density at radius 1 is 0.762 bits per heavy atom. The van der Waals surface area contributed by atoms with E-state index in [9.17, 15) is 39.0 Å². The maximum Gasteiger partial charge on any atom is 0.326 e. The third kappa shape index (κ3) is 13.9. The van der Waals surface area contributed by atoms with Crippen molar-refractivity contribution < 1.29 is 44.1 Å². The Balaban J connectivity index is 3.13. The van der Waals surface area contributed by atoms with Crippen molar-refractivity contribution in [2.24, 2.45) is 27.9 Å². The summed E-state index contributed by atoms with van der Waals surface area (Å²) in [5.41, 5.74) is 22.2. The first-order chi connectivity index (χ1) is 19.7. The number of guanidine groups is 1. The lowest BCUT2D eigenvalue weighted by molar-refractivity contribution is -0.143. The number of amides is 4. The minimum Gasteiger partial charge on any atom is -0.508 e. The van der Waals surface area contributed by atoms with Crippen molar-refractivity contribution in [2.75, 3.05) is 6.54 Å². The monoisotopic (exact) mass is 594 g/mol. The van der Waals surface area contributed by atoms with Crippen LogP contribution in [0.25, 0.3) is 0 Å². The maximum atomic E-state index is 13.4. The third-order valence-electron chi connectivity index (χ3n) is 5.89. The molecule has 0 aliphatic heterocycles. The first-order valence-electron chi connectivity index (χ1n) is 12.9. The lowest BCUT2D eigenvalue weighted by atomic mass is 10.0. The van der Waals surface area contributed by atoms with Crippen LogP contribution in [0.15, 0.2) is 29.3 Å². The third-order valence-corrected chi connectivity index (χ3v) is 5.89. The first kappa shape index (κ1) is 35.1. The van der Waals surface area contributed by atoms with Gasteiger partial charge in [-0.05, 0) is 43.4 Å². The van der Waals surface area contributed by atoms with E-state index in [0.717, 1.165) is 0 Å². The SMILES string of the molecule is NC(=O)CCC(NC(=O)C(Cc1ccc(O)cc1)NC(=O)C(N)CCCN=C(N)N)C(=O)NC(CCC(=O)O)C(=O)O. The summed E-state index contributed by atoms with van der Waals surface area (Å²) in [7, 11) is 0. The Kier molecular flexibility index (Phi) is 14.8. The number of carbonyl (C=O) groups excluding carboxylic acids is 4. The Hall–Kier alpha value is -4.93. The highest BCUT2D eigenvalue weighted by molar-refractivity contribution is 5.94. The minimum absolute atomic E-state index is 0.0364. The molecule has 0 aliphatic carbocycles. The van der Waals surface area contributed by atoms with Gasteiger partial charge in [0, 0.05) is 25.8 Å². The van der Waals surface area contributed by atoms with Gasteiger partial charge in [-0.1, -0.05) is 12.1 Å². The molecule has 1 rings (SSSR count). The summed E-state index contributed by atoms with van der Waals surface area (Å²) >= 11 is 0. The number of carbonyl (C=O) groups is 6. The van der Waals surface area contributed by atoms with Gasteiger partial charge in [-0.3, -0.25) is 29.0 Å². The van der Waals surface area contributed by atoms with Gasteiger partial charge < -0.3 is 54.2 Å². The highest BCUT2D eigenvalue weighted by Gasteiger charge is 2.31. The van der Waals surface area contributed by atoms with Gasteiger partial charge >= 0.3 is 11.9 Å². The highest BCUT2D eigenvalue weighted by atomic mass is 16.4. The molecular formula is C25H38N8O9. The molecule has 0 saturated heterocycles. The van der Waals surface area contributed by atoms with Gasteiger partial charge in [0.2, 0.25) is 23.6 Å². The lowest BCUT2D eigenvalue weighted by Gasteiger charge is -2.25. The van der Waals surface area contributed by atoms with Crippen LogP contribution in [-0.4, -0.2) is 87.6 Å². The van der Waals surface area contributed by atoms with Crippen LogP contribution in [0, 0.1) is 0 Å². The van der Waals surface area contributed by atoms with Gasteiger partial charge in [0.05, 0.1) is 6.04 Å². The standard InChI is InChI=1S/C25H38N8O9/c26-15(2-1-11-30-25(28)29)21(38)33-18(12-13-3-5-14(34)6-4-13)23(40)31-16(7-9-19(27)35)22(39)32-17(24(41)42)8-10-20(36)37/h3-6,15-18,34H,1-2,7-12,26H2,(H2,27,35)(H,31,40)(H,32,39)(H,33,38)(H,36,37)(H,41,42)(H4,28,29,30). The number of rotatable bonds is 19. The molecule has 4 atom stereocenters. The number of phenols is 1. The molecule has 17 nitrogen and oxygen atoms in total. The van der Waals surface area contributed by atoms with Crippen LogP contribution in [0.1, 0.15) is 44.1 Å². The number of aliphatic carboxylic acids is 2. The molecule has 232 valence electrons. The second-order valence-electron chi connectivity index (χ2n) is 9.39. The zero-order chi connectivity index (χ0) is 31.8. The zero-order valence-electron chi connectivity index (χ0n) is 22.8. The van der Waals surface area contributed by atoms with Gasteiger partial charge in [0.25, 0.3) is 0 Å². The molecule has 1 aromatic rings. The van der Waals surface area contributed by atoms with Crippen molar-refractivity contribution in [1.29, 1.82) is 0 Å². The second kappa shape index (κ2) is 17.7. The van der Waals surface area contributed by atoms with Crippen molar-refractivity contribution >= 4 is 41.5 Å². The van der Waals surface area contributed by atoms with E-state index in [4.69, 9.17) is 28.0 Å². The number of phenolic OH excluding ortho intramolecular Hbond substituents is 1. The Labute approximate surface area is 241 Å². The maximum absolute atomic E-state index is 13.4. The second-order valence-corrected chi connectivity index (χ2v) is 9.39. The highest BCUT2D eigenvalue weighted by Crippen LogP contribution is 2.12. The molecule has 0 heterocycles. The molecule has 14 N–H and O–H groups in total. The number of aliphatic imine (C=N–C) groups is 1. The summed E-state index contributed by atoms with van der Waals surface area (Å²) in [5, 5.41) is 34.9. The fraction of sp³-hybridized carbons (Fsp3) is 0.480. The van der Waals surface area contributed by atoms with Gasteiger partial charge in [-0.15, -0.1) is 0 Å². The average Bonchev–Trinajstić information content (AvgIpc) is 2.91. The predicted octanol–water partition coefficient (Wildman–Crippen LogP) is -3.02. The summed E-state index contributed by atoms with van der Waals surface area (Å²) in [6.45, 7) is 0.223. The van der Waals surface area contributed by atoms with Gasteiger partial charge in [0.15, 0.2) is 5.96 Å². The van der Waals surface area contributed by atoms with E-state index in [1.54, 1.807) is 0 Å². The number of hydrogen-bond acceptors (Lipinski definition) is 9. The summed E-state index contributed by atoms with van der Waals surface area (Å²) in [4.78, 5) is 76.7. The number of nitrogens with zero attached hydrogens (tertiary/aromatic N) is 1. The Morgan fingerprint density at radius 2 is 1.31 bits per heavy atom. The minimum atomic E-state index is -1.59. The van der Waals surface area contributed by atoms with Crippen LogP contribution in [0.3, 0.4) is 0 Å². The van der Waals surface area contributed by atoms with E-state index in [2.05, 4.69) is 20.9 Å². The molecule has 1 aromatic carbocycles. The molecule has 0 aromatic heterocycles. The van der Waals surface area contributed by atoms with Crippen LogP contribution >= 0.6 is 0 Å². The van der Waals surface area contributed by atoms with Crippen molar-refractivity contribution in [3.8, 4) is 5.75 Å². The van der Waals surface area contributed by atoms with Crippen molar-refractivity contribution in [3.05, 3.63) is 29.8 Å². The number of primary amides is 1. The molecule has 0 radical (unpaired) electrons. The average molecular weight is 595 g/mol. The molecule has 0 saturated carbocycles. The van der Waals surface area contributed by atoms with E-state index >= 15 is 0 Å². The number of carboxylic acid groups (broad SMARTS) is 2. The molecule has 0 aliphatic rings. The summed E-state index contributed by atoms with van der Waals surface area (Å²) < 4.78 is 0. The Bertz CT molecular complexity index is 1140. The number of benzene rings is 1. The van der Waals surface area contributed by atoms with Crippen LogP contribution in [0.5, 0.6) is 5.75 Å². The number of aromatic hydroxyl groups is 1. The van der Waals surface area contributed by atoms with E-state index < -0.39 is 72.6 Å². The van der Waals surface area contributed by atoms with Crippen molar-refractivity contribution in [3.63, 3.8) is 0 Å². The quantitative estimate of drug-likeness (QED) is 0.0435. The topological polar surface area (TPSA) is 316 Å². The van der Waals surface area contributed by atoms with Crippen LogP contribution in [0.4, 0.5) is 0 Å². The normalized spacial score (nSPS) is 13.5. The van der Waals surface area contributed by atoms with Gasteiger partial charge in [0.1, 0.15) is 23.9 Å². The summed E-state index contributed by atoms with van der Waals surface area (Å²) in [5.74, 6) is -6.32. The van der Waals surface area contributed by atoms with E-state index in [-0.39, 0.29) is 43.9 Å². The smallest absolute Gasteiger partial charge is 0.326 e. The van der Waals surface area contributed by atoms with E-state index in [1.165, 1.54) is 24.3 Å². The molecule has 42 heavy (non-hydrogen) atoms. The van der Waals surface area contributed by atoms with Crippen LogP contribution in [0.2, 0.25) is 0 Å². The van der Waals surface area contributed by atoms with E-state index in [1.807, 2.05) is 0 Å². The summed E-state index contributed by atoms with van der Waals surface area (Å²) in [6, 6.07) is 0.352. The van der Waals surface area contributed by atoms with Gasteiger partial charge in [-0.25, -0.2) is 4.79 Å². The molecule has 0 bridgehead atoms. The van der Waals surface area contributed by atoms with Crippen LogP contribution in [-0.2, 0) is 35.2 Å². The molecule has 17 heteroatoms. The van der Waals surface area contributed by atoms with E-state index in [0.29, 0.717) is 12.0 Å². The molecule has 0 spiro atoms. The van der Waals surface area contributed by atoms with Gasteiger partial charge in [-0.2, -0.15) is 0 Å². The number of nitrogens with two attached hydrogens (primary N) is 4. The number of hydrogen-bond donors (Lipinski definition) is 10. The summed E-state index contributed by atoms with van der Waals surface area (Å²) in [6.07, 6.45) is -1.23. The predicted molar refractivity (Wildman–Crippen MR) is 148 cm³/mol. The zero-order valence-corrected chi connectivity index (χ0v) is 22.8. The first-order valence-corrected chi connectivity index (χ1v) is 12.9. The Morgan fingerprint density at radius 3 is 1.86 bits per heavy atom. The molecule has 0 fully saturated rings.